The van der Waals surface area contributed by atoms with Crippen molar-refractivity contribution in [2.24, 2.45) is 0 Å². The van der Waals surface area contributed by atoms with Crippen LogP contribution in [0.15, 0.2) is 36.4 Å². The average Bonchev–Trinajstić information content (AvgIpc) is 2.63. The highest BCUT2D eigenvalue weighted by Crippen LogP contribution is 2.30. The largest absolute Gasteiger partial charge is 0.493 e. The summed E-state index contributed by atoms with van der Waals surface area (Å²) >= 11 is 12.0. The molecule has 0 saturated heterocycles. The highest BCUT2D eigenvalue weighted by molar-refractivity contribution is 6.35. The van der Waals surface area contributed by atoms with Crippen molar-refractivity contribution in [3.05, 3.63) is 57.6 Å². The number of hydrogen-bond acceptors (Lipinski definition) is 3. The van der Waals surface area contributed by atoms with E-state index in [9.17, 15) is 4.79 Å². The molecule has 7 heteroatoms. The number of carbonyl (C=O) groups excluding carboxylic acids is 1. The monoisotopic (exact) mass is 411 g/mol. The molecular weight excluding hydrogens is 387 g/mol. The van der Waals surface area contributed by atoms with Gasteiger partial charge < -0.3 is 19.7 Å². The lowest BCUT2D eigenvalue weighted by Crippen LogP contribution is -3.08. The van der Waals surface area contributed by atoms with E-state index in [1.54, 1.807) is 26.4 Å². The summed E-state index contributed by atoms with van der Waals surface area (Å²) in [5.41, 5.74) is 1.96. The zero-order valence-corrected chi connectivity index (χ0v) is 17.3. The molecule has 0 heterocycles. The summed E-state index contributed by atoms with van der Waals surface area (Å²) in [5, 5.41) is 4.15. The Kier molecular flexibility index (Phi) is 8.23. The number of likely N-dealkylation sites (N-methyl/N-ethyl adjacent to an activating group) is 1. The Hall–Kier alpha value is -1.95. The molecule has 1 unspecified atom stereocenters. The summed E-state index contributed by atoms with van der Waals surface area (Å²) in [6.07, 6.45) is 0.657. The van der Waals surface area contributed by atoms with Crippen LogP contribution in [0.5, 0.6) is 11.5 Å². The van der Waals surface area contributed by atoms with E-state index in [1.807, 2.05) is 31.3 Å². The molecule has 0 radical (unpaired) electrons. The van der Waals surface area contributed by atoms with E-state index in [-0.39, 0.29) is 5.91 Å². The van der Waals surface area contributed by atoms with E-state index in [0.29, 0.717) is 47.6 Å². The number of carbonyl (C=O) groups is 1. The first-order valence-electron chi connectivity index (χ1n) is 8.66. The smallest absolute Gasteiger partial charge is 0.275 e. The highest BCUT2D eigenvalue weighted by atomic mass is 35.5. The first-order valence-corrected chi connectivity index (χ1v) is 9.42. The minimum Gasteiger partial charge on any atom is -0.493 e. The van der Waals surface area contributed by atoms with Crippen molar-refractivity contribution in [1.82, 2.24) is 5.32 Å². The van der Waals surface area contributed by atoms with Crippen LogP contribution >= 0.6 is 23.2 Å². The fraction of sp³-hybridized carbons (Fsp3) is 0.350. The van der Waals surface area contributed by atoms with Crippen molar-refractivity contribution in [2.75, 3.05) is 34.4 Å². The number of hydrogen-bond donors (Lipinski definition) is 2. The van der Waals surface area contributed by atoms with Gasteiger partial charge >= 0.3 is 0 Å². The zero-order valence-electron chi connectivity index (χ0n) is 15.8. The first kappa shape index (κ1) is 21.4. The summed E-state index contributed by atoms with van der Waals surface area (Å²) < 4.78 is 10.8. The van der Waals surface area contributed by atoms with Crippen molar-refractivity contribution in [3.8, 4) is 11.5 Å². The van der Waals surface area contributed by atoms with Crippen LogP contribution in [0.3, 0.4) is 0 Å². The SMILES string of the molecule is COc1cccc(C[NH+](C)CC(=O)NCCc2ccc(Cl)cc2Cl)c1OC. The molecular formula is C20H25Cl2N2O3+. The van der Waals surface area contributed by atoms with Gasteiger partial charge in [-0.2, -0.15) is 0 Å². The summed E-state index contributed by atoms with van der Waals surface area (Å²) in [5.74, 6) is 1.38. The number of amides is 1. The summed E-state index contributed by atoms with van der Waals surface area (Å²) in [6.45, 7) is 1.53. The van der Waals surface area contributed by atoms with Gasteiger partial charge in [-0.1, -0.05) is 35.3 Å². The molecule has 1 amide bonds. The second-order valence-electron chi connectivity index (χ2n) is 6.30. The van der Waals surface area contributed by atoms with Gasteiger partial charge in [-0.15, -0.1) is 0 Å². The Labute approximate surface area is 170 Å². The number of para-hydroxylation sites is 1. The van der Waals surface area contributed by atoms with Gasteiger partial charge in [0.05, 0.1) is 26.8 Å². The van der Waals surface area contributed by atoms with E-state index in [1.165, 1.54) is 0 Å². The number of rotatable bonds is 9. The van der Waals surface area contributed by atoms with E-state index in [0.717, 1.165) is 16.0 Å². The van der Waals surface area contributed by atoms with Crippen molar-refractivity contribution in [1.29, 1.82) is 0 Å². The molecule has 0 aliphatic heterocycles. The molecule has 0 saturated carbocycles. The van der Waals surface area contributed by atoms with E-state index < -0.39 is 0 Å². The number of halogens is 2. The number of ether oxygens (including phenoxy) is 2. The van der Waals surface area contributed by atoms with Gasteiger partial charge in [0.1, 0.15) is 6.54 Å². The molecule has 2 N–H and O–H groups in total. The molecule has 0 aliphatic carbocycles. The Balaban J connectivity index is 1.83. The third kappa shape index (κ3) is 6.31. The van der Waals surface area contributed by atoms with E-state index in [2.05, 4.69) is 5.32 Å². The zero-order chi connectivity index (χ0) is 19.8. The molecule has 146 valence electrons. The molecule has 0 aromatic heterocycles. The molecule has 0 fully saturated rings. The maximum atomic E-state index is 12.2. The van der Waals surface area contributed by atoms with Gasteiger partial charge in [-0.25, -0.2) is 0 Å². The molecule has 2 rings (SSSR count). The second-order valence-corrected chi connectivity index (χ2v) is 7.14. The summed E-state index contributed by atoms with van der Waals surface area (Å²) in [4.78, 5) is 13.3. The molecule has 0 bridgehead atoms. The standard InChI is InChI=1S/C20H24Cl2N2O3/c1-24(12-15-5-4-6-18(26-2)20(15)27-3)13-19(25)23-10-9-14-7-8-16(21)11-17(14)22/h4-8,11H,9-10,12-13H2,1-3H3,(H,23,25)/p+1. The molecule has 5 nitrogen and oxygen atoms in total. The lowest BCUT2D eigenvalue weighted by molar-refractivity contribution is -0.885. The number of nitrogens with one attached hydrogen (secondary N) is 2. The first-order chi connectivity index (χ1) is 12.9. The average molecular weight is 412 g/mol. The molecule has 2 aromatic rings. The second kappa shape index (κ2) is 10.4. The maximum Gasteiger partial charge on any atom is 0.275 e. The number of benzene rings is 2. The predicted molar refractivity (Wildman–Crippen MR) is 108 cm³/mol. The van der Waals surface area contributed by atoms with Crippen LogP contribution in [0.1, 0.15) is 11.1 Å². The van der Waals surface area contributed by atoms with Crippen molar-refractivity contribution in [2.45, 2.75) is 13.0 Å². The Morgan fingerprint density at radius 2 is 1.89 bits per heavy atom. The summed E-state index contributed by atoms with van der Waals surface area (Å²) in [6, 6.07) is 11.1. The third-order valence-corrected chi connectivity index (χ3v) is 4.76. The minimum atomic E-state index is -0.0144. The van der Waals surface area contributed by atoms with Crippen molar-refractivity contribution < 1.29 is 19.2 Å². The van der Waals surface area contributed by atoms with Gasteiger partial charge in [0, 0.05) is 16.6 Å². The molecule has 2 aromatic carbocycles. The van der Waals surface area contributed by atoms with Crippen LogP contribution in [0.2, 0.25) is 10.0 Å². The normalized spacial score (nSPS) is 11.7. The predicted octanol–water partition coefficient (Wildman–Crippen LogP) is 2.38. The lowest BCUT2D eigenvalue weighted by atomic mass is 10.1. The fourth-order valence-corrected chi connectivity index (χ4v) is 3.38. The Bertz CT molecular complexity index is 784. The molecule has 0 spiro atoms. The summed E-state index contributed by atoms with van der Waals surface area (Å²) in [7, 11) is 5.19. The lowest BCUT2D eigenvalue weighted by Gasteiger charge is -2.17. The van der Waals surface area contributed by atoms with Gasteiger partial charge in [0.15, 0.2) is 18.0 Å². The van der Waals surface area contributed by atoms with E-state index >= 15 is 0 Å². The number of quaternary nitrogens is 1. The highest BCUT2D eigenvalue weighted by Gasteiger charge is 2.16. The van der Waals surface area contributed by atoms with Gasteiger partial charge in [-0.05, 0) is 36.2 Å². The molecule has 27 heavy (non-hydrogen) atoms. The Morgan fingerprint density at radius 3 is 2.56 bits per heavy atom. The van der Waals surface area contributed by atoms with Crippen molar-refractivity contribution >= 4 is 29.1 Å². The topological polar surface area (TPSA) is 52.0 Å². The third-order valence-electron chi connectivity index (χ3n) is 4.17. The van der Waals surface area contributed by atoms with Gasteiger partial charge in [-0.3, -0.25) is 4.79 Å². The number of methoxy groups -OCH3 is 2. The van der Waals surface area contributed by atoms with E-state index in [4.69, 9.17) is 32.7 Å². The van der Waals surface area contributed by atoms with Crippen LogP contribution < -0.4 is 19.7 Å². The van der Waals surface area contributed by atoms with Crippen molar-refractivity contribution in [3.63, 3.8) is 0 Å². The van der Waals surface area contributed by atoms with Crippen LogP contribution in [0, 0.1) is 0 Å². The fourth-order valence-electron chi connectivity index (χ4n) is 2.88. The molecule has 1 atom stereocenters. The molecule has 0 aliphatic rings. The maximum absolute atomic E-state index is 12.2. The Morgan fingerprint density at radius 1 is 1.11 bits per heavy atom. The quantitative estimate of drug-likeness (QED) is 0.665. The van der Waals surface area contributed by atoms with Gasteiger partial charge in [0.25, 0.3) is 5.91 Å². The van der Waals surface area contributed by atoms with Crippen LogP contribution in [0.25, 0.3) is 0 Å². The van der Waals surface area contributed by atoms with Crippen LogP contribution in [-0.2, 0) is 17.8 Å². The van der Waals surface area contributed by atoms with Crippen LogP contribution in [-0.4, -0.2) is 40.3 Å². The minimum absolute atomic E-state index is 0.0144. The van der Waals surface area contributed by atoms with Crippen LogP contribution in [0.4, 0.5) is 0 Å². The van der Waals surface area contributed by atoms with Gasteiger partial charge in [0.2, 0.25) is 0 Å².